The zero-order valence-electron chi connectivity index (χ0n) is 14.2. The average molecular weight is 293 g/mol. The molecule has 0 aromatic rings. The standard InChI is InChI=1S/C18H35N3/c1-15(2)17-5-3-4-8-18(17,14-19)21-11-9-20(10-12-21)13-16-6-7-16/h15-17H,3-14,19H2,1-2H3. The van der Waals surface area contributed by atoms with E-state index in [-0.39, 0.29) is 0 Å². The number of hydrogen-bond donors (Lipinski definition) is 1. The largest absolute Gasteiger partial charge is 0.329 e. The molecule has 1 heterocycles. The van der Waals surface area contributed by atoms with E-state index < -0.39 is 0 Å². The Bertz CT molecular complexity index is 331. The monoisotopic (exact) mass is 293 g/mol. The van der Waals surface area contributed by atoms with E-state index in [9.17, 15) is 0 Å². The summed E-state index contributed by atoms with van der Waals surface area (Å²) in [7, 11) is 0. The Balaban J connectivity index is 1.64. The molecule has 2 unspecified atom stereocenters. The fourth-order valence-corrected chi connectivity index (χ4v) is 5.02. The summed E-state index contributed by atoms with van der Waals surface area (Å²) >= 11 is 0. The Morgan fingerprint density at radius 1 is 1.05 bits per heavy atom. The van der Waals surface area contributed by atoms with Crippen LogP contribution in [0.4, 0.5) is 0 Å². The fourth-order valence-electron chi connectivity index (χ4n) is 5.02. The van der Waals surface area contributed by atoms with Crippen molar-refractivity contribution in [3.05, 3.63) is 0 Å². The van der Waals surface area contributed by atoms with Crippen LogP contribution in [0.2, 0.25) is 0 Å². The molecule has 3 heteroatoms. The molecule has 3 rings (SSSR count). The molecule has 0 aromatic carbocycles. The van der Waals surface area contributed by atoms with Gasteiger partial charge in [0.2, 0.25) is 0 Å². The van der Waals surface area contributed by atoms with Gasteiger partial charge in [-0.2, -0.15) is 0 Å². The minimum absolute atomic E-state index is 0.304. The number of hydrogen-bond acceptors (Lipinski definition) is 3. The lowest BCUT2D eigenvalue weighted by Gasteiger charge is -2.55. The third-order valence-corrected chi connectivity index (χ3v) is 6.44. The van der Waals surface area contributed by atoms with Crippen LogP contribution < -0.4 is 5.73 Å². The predicted octanol–water partition coefficient (Wildman–Crippen LogP) is 2.56. The molecule has 0 spiro atoms. The number of nitrogens with zero attached hydrogens (tertiary/aromatic N) is 2. The Morgan fingerprint density at radius 3 is 2.33 bits per heavy atom. The predicted molar refractivity (Wildman–Crippen MR) is 89.3 cm³/mol. The maximum absolute atomic E-state index is 6.37. The first kappa shape index (κ1) is 15.8. The summed E-state index contributed by atoms with van der Waals surface area (Å²) in [4.78, 5) is 5.49. The fraction of sp³-hybridized carbons (Fsp3) is 1.00. The van der Waals surface area contributed by atoms with Crippen molar-refractivity contribution in [3.63, 3.8) is 0 Å². The van der Waals surface area contributed by atoms with Crippen molar-refractivity contribution < 1.29 is 0 Å². The van der Waals surface area contributed by atoms with Gasteiger partial charge in [0.05, 0.1) is 0 Å². The summed E-state index contributed by atoms with van der Waals surface area (Å²) in [5.41, 5.74) is 6.67. The van der Waals surface area contributed by atoms with Gasteiger partial charge in [0.1, 0.15) is 0 Å². The van der Waals surface area contributed by atoms with E-state index in [2.05, 4.69) is 23.6 Å². The van der Waals surface area contributed by atoms with E-state index in [1.54, 1.807) is 0 Å². The molecule has 0 aromatic heterocycles. The van der Waals surface area contributed by atoms with Crippen LogP contribution in [0, 0.1) is 17.8 Å². The molecule has 21 heavy (non-hydrogen) atoms. The molecule has 1 aliphatic heterocycles. The SMILES string of the molecule is CC(C)C1CCCCC1(CN)N1CCN(CC2CC2)CC1. The first-order valence-electron chi connectivity index (χ1n) is 9.33. The van der Waals surface area contributed by atoms with Crippen molar-refractivity contribution in [2.24, 2.45) is 23.5 Å². The second-order valence-corrected chi connectivity index (χ2v) is 8.14. The first-order valence-corrected chi connectivity index (χ1v) is 9.33. The molecule has 0 bridgehead atoms. The molecule has 1 saturated heterocycles. The van der Waals surface area contributed by atoms with Gasteiger partial charge in [-0.25, -0.2) is 0 Å². The highest BCUT2D eigenvalue weighted by molar-refractivity contribution is 5.02. The van der Waals surface area contributed by atoms with Gasteiger partial charge in [-0.15, -0.1) is 0 Å². The zero-order valence-corrected chi connectivity index (χ0v) is 14.2. The van der Waals surface area contributed by atoms with Gasteiger partial charge in [-0.1, -0.05) is 26.7 Å². The first-order chi connectivity index (χ1) is 10.2. The van der Waals surface area contributed by atoms with Crippen molar-refractivity contribution in [2.75, 3.05) is 39.3 Å². The summed E-state index contributed by atoms with van der Waals surface area (Å²) in [6, 6.07) is 0. The Labute approximate surface area is 131 Å². The average Bonchev–Trinajstić information content (AvgIpc) is 3.31. The Hall–Kier alpha value is -0.120. The van der Waals surface area contributed by atoms with Crippen molar-refractivity contribution in [3.8, 4) is 0 Å². The molecule has 2 N–H and O–H groups in total. The van der Waals surface area contributed by atoms with Crippen LogP contribution in [0.25, 0.3) is 0 Å². The van der Waals surface area contributed by atoms with Crippen molar-refractivity contribution >= 4 is 0 Å². The van der Waals surface area contributed by atoms with Gasteiger partial charge in [-0.3, -0.25) is 4.90 Å². The molecule has 122 valence electrons. The maximum atomic E-state index is 6.37. The van der Waals surface area contributed by atoms with Crippen molar-refractivity contribution in [1.82, 2.24) is 9.80 Å². The lowest BCUT2D eigenvalue weighted by atomic mass is 9.66. The van der Waals surface area contributed by atoms with E-state index >= 15 is 0 Å². The number of nitrogens with two attached hydrogens (primary N) is 1. The normalized spacial score (nSPS) is 36.3. The van der Waals surface area contributed by atoms with Crippen LogP contribution in [0.5, 0.6) is 0 Å². The van der Waals surface area contributed by atoms with E-state index in [0.717, 1.165) is 24.3 Å². The zero-order chi connectivity index (χ0) is 14.9. The second kappa shape index (κ2) is 6.55. The lowest BCUT2D eigenvalue weighted by Crippen LogP contribution is -2.65. The van der Waals surface area contributed by atoms with Crippen LogP contribution in [-0.4, -0.2) is 54.6 Å². The third kappa shape index (κ3) is 3.30. The Kier molecular flexibility index (Phi) is 4.92. The molecule has 3 fully saturated rings. The van der Waals surface area contributed by atoms with E-state index in [4.69, 9.17) is 5.73 Å². The minimum atomic E-state index is 0.304. The highest BCUT2D eigenvalue weighted by Gasteiger charge is 2.46. The molecule has 3 aliphatic rings. The highest BCUT2D eigenvalue weighted by atomic mass is 15.3. The summed E-state index contributed by atoms with van der Waals surface area (Å²) in [6.07, 6.45) is 8.45. The number of piperazine rings is 1. The van der Waals surface area contributed by atoms with E-state index in [1.165, 1.54) is 71.2 Å². The number of rotatable bonds is 5. The second-order valence-electron chi connectivity index (χ2n) is 8.14. The summed E-state index contributed by atoms with van der Waals surface area (Å²) in [5, 5.41) is 0. The molecule has 0 radical (unpaired) electrons. The quantitative estimate of drug-likeness (QED) is 0.845. The van der Waals surface area contributed by atoms with E-state index in [0.29, 0.717) is 5.54 Å². The third-order valence-electron chi connectivity index (χ3n) is 6.44. The van der Waals surface area contributed by atoms with Crippen LogP contribution in [0.3, 0.4) is 0 Å². The maximum Gasteiger partial charge on any atom is 0.0363 e. The van der Waals surface area contributed by atoms with Crippen LogP contribution in [0.1, 0.15) is 52.4 Å². The molecular formula is C18H35N3. The highest BCUT2D eigenvalue weighted by Crippen LogP contribution is 2.42. The van der Waals surface area contributed by atoms with Gasteiger partial charge in [0.15, 0.2) is 0 Å². The van der Waals surface area contributed by atoms with Gasteiger partial charge in [0.25, 0.3) is 0 Å². The van der Waals surface area contributed by atoms with Gasteiger partial charge >= 0.3 is 0 Å². The molecule has 2 aliphatic carbocycles. The lowest BCUT2D eigenvalue weighted by molar-refractivity contribution is -0.0400. The molecule has 3 nitrogen and oxygen atoms in total. The smallest absolute Gasteiger partial charge is 0.0363 e. The van der Waals surface area contributed by atoms with Crippen LogP contribution >= 0.6 is 0 Å². The van der Waals surface area contributed by atoms with Crippen LogP contribution in [0.15, 0.2) is 0 Å². The topological polar surface area (TPSA) is 32.5 Å². The van der Waals surface area contributed by atoms with Crippen molar-refractivity contribution in [2.45, 2.75) is 57.9 Å². The van der Waals surface area contributed by atoms with Gasteiger partial charge in [0, 0.05) is 44.8 Å². The van der Waals surface area contributed by atoms with Gasteiger partial charge < -0.3 is 10.6 Å². The summed E-state index contributed by atoms with van der Waals surface area (Å²) in [5.74, 6) is 2.59. The Morgan fingerprint density at radius 2 is 1.76 bits per heavy atom. The van der Waals surface area contributed by atoms with E-state index in [1.807, 2.05) is 0 Å². The van der Waals surface area contributed by atoms with Gasteiger partial charge in [-0.05, 0) is 43.4 Å². The molecule has 2 atom stereocenters. The summed E-state index contributed by atoms with van der Waals surface area (Å²) < 4.78 is 0. The minimum Gasteiger partial charge on any atom is -0.329 e. The van der Waals surface area contributed by atoms with Crippen molar-refractivity contribution in [1.29, 1.82) is 0 Å². The van der Waals surface area contributed by atoms with Crippen LogP contribution in [-0.2, 0) is 0 Å². The summed E-state index contributed by atoms with van der Waals surface area (Å²) in [6.45, 7) is 12.1. The molecular weight excluding hydrogens is 258 g/mol. The molecule has 0 amide bonds. The molecule has 2 saturated carbocycles.